The Morgan fingerprint density at radius 2 is 1.97 bits per heavy atom. The van der Waals surface area contributed by atoms with Gasteiger partial charge in [0.1, 0.15) is 18.3 Å². The summed E-state index contributed by atoms with van der Waals surface area (Å²) in [5.74, 6) is -0.462. The van der Waals surface area contributed by atoms with E-state index in [1.54, 1.807) is 6.07 Å². The molecule has 30 heavy (non-hydrogen) atoms. The fourth-order valence-electron chi connectivity index (χ4n) is 2.45. The van der Waals surface area contributed by atoms with Crippen molar-refractivity contribution in [1.82, 2.24) is 9.88 Å². The van der Waals surface area contributed by atoms with Gasteiger partial charge in [-0.3, -0.25) is 9.59 Å². The van der Waals surface area contributed by atoms with Gasteiger partial charge in [-0.1, -0.05) is 11.2 Å². The first-order chi connectivity index (χ1) is 14.2. The zero-order valence-electron chi connectivity index (χ0n) is 16.1. The van der Waals surface area contributed by atoms with Crippen molar-refractivity contribution in [3.8, 4) is 10.6 Å². The summed E-state index contributed by atoms with van der Waals surface area (Å²) >= 11 is 1.49. The number of nitrogens with one attached hydrogen (secondary N) is 2. The Morgan fingerprint density at radius 3 is 2.60 bits per heavy atom. The molecule has 0 aliphatic heterocycles. The number of aromatic nitrogens is 1. The van der Waals surface area contributed by atoms with Crippen LogP contribution in [-0.4, -0.2) is 31.5 Å². The van der Waals surface area contributed by atoms with Gasteiger partial charge >= 0.3 is 5.97 Å². The van der Waals surface area contributed by atoms with E-state index < -0.39 is 22.0 Å². The molecule has 3 rings (SSSR count). The summed E-state index contributed by atoms with van der Waals surface area (Å²) in [6.07, 6.45) is 0. The largest absolute Gasteiger partial charge is 0.458 e. The van der Waals surface area contributed by atoms with Gasteiger partial charge < -0.3 is 14.6 Å². The average molecular weight is 450 g/mol. The number of carbonyl (C=O) groups is 2. The summed E-state index contributed by atoms with van der Waals surface area (Å²) in [7, 11) is -3.95. The maximum absolute atomic E-state index is 12.5. The zero-order chi connectivity index (χ0) is 21.7. The molecule has 0 unspecified atom stereocenters. The molecule has 1 atom stereocenters. The van der Waals surface area contributed by atoms with Crippen LogP contribution in [0.5, 0.6) is 0 Å². The number of sulfonamides is 1. The van der Waals surface area contributed by atoms with E-state index in [2.05, 4.69) is 15.2 Å². The number of hydrogen-bond donors (Lipinski definition) is 2. The van der Waals surface area contributed by atoms with E-state index in [-0.39, 0.29) is 17.4 Å². The van der Waals surface area contributed by atoms with Crippen LogP contribution in [0.4, 0.5) is 5.69 Å². The third kappa shape index (κ3) is 5.53. The van der Waals surface area contributed by atoms with Crippen LogP contribution in [0.25, 0.3) is 10.6 Å². The quantitative estimate of drug-likeness (QED) is 0.506. The molecular weight excluding hydrogens is 430 g/mol. The lowest BCUT2D eigenvalue weighted by molar-refractivity contribution is -0.146. The van der Waals surface area contributed by atoms with Crippen LogP contribution in [0, 0.1) is 0 Å². The van der Waals surface area contributed by atoms with E-state index in [0.717, 1.165) is 4.88 Å². The van der Waals surface area contributed by atoms with Crippen molar-refractivity contribution in [2.75, 3.05) is 5.32 Å². The number of nitrogens with zero attached hydrogens (tertiary/aromatic N) is 1. The summed E-state index contributed by atoms with van der Waals surface area (Å²) in [4.78, 5) is 24.1. The fourth-order valence-corrected chi connectivity index (χ4v) is 4.32. The van der Waals surface area contributed by atoms with Crippen molar-refractivity contribution in [2.24, 2.45) is 0 Å². The highest BCUT2D eigenvalue weighted by Crippen LogP contribution is 2.25. The summed E-state index contributed by atoms with van der Waals surface area (Å²) in [6.45, 7) is 2.58. The first-order valence-corrected chi connectivity index (χ1v) is 11.2. The van der Waals surface area contributed by atoms with Crippen LogP contribution >= 0.6 is 11.3 Å². The molecule has 2 heterocycles. The van der Waals surface area contributed by atoms with Gasteiger partial charge in [-0.05, 0) is 42.6 Å². The number of thiophene rings is 1. The van der Waals surface area contributed by atoms with Crippen molar-refractivity contribution in [2.45, 2.75) is 31.4 Å². The Balaban J connectivity index is 1.56. The second-order valence-electron chi connectivity index (χ2n) is 6.32. The van der Waals surface area contributed by atoms with Gasteiger partial charge in [0.15, 0.2) is 5.76 Å². The smallest absolute Gasteiger partial charge is 0.324 e. The van der Waals surface area contributed by atoms with E-state index in [1.165, 1.54) is 49.4 Å². The minimum atomic E-state index is -3.95. The van der Waals surface area contributed by atoms with E-state index >= 15 is 0 Å². The number of rotatable bonds is 8. The molecule has 0 saturated heterocycles. The second-order valence-corrected chi connectivity index (χ2v) is 8.98. The predicted molar refractivity (Wildman–Crippen MR) is 110 cm³/mol. The van der Waals surface area contributed by atoms with Crippen molar-refractivity contribution >= 4 is 38.9 Å². The molecule has 2 N–H and O–H groups in total. The maximum atomic E-state index is 12.5. The van der Waals surface area contributed by atoms with Gasteiger partial charge in [-0.15, -0.1) is 11.3 Å². The highest BCUT2D eigenvalue weighted by molar-refractivity contribution is 7.89. The van der Waals surface area contributed by atoms with Gasteiger partial charge in [-0.2, -0.15) is 4.72 Å². The van der Waals surface area contributed by atoms with Crippen molar-refractivity contribution in [1.29, 1.82) is 0 Å². The van der Waals surface area contributed by atoms with Crippen LogP contribution in [0.3, 0.4) is 0 Å². The second kappa shape index (κ2) is 9.20. The highest BCUT2D eigenvalue weighted by Gasteiger charge is 2.23. The third-order valence-corrected chi connectivity index (χ3v) is 6.30. The molecule has 0 radical (unpaired) electrons. The normalized spacial score (nSPS) is 12.3. The zero-order valence-corrected chi connectivity index (χ0v) is 17.7. The van der Waals surface area contributed by atoms with Gasteiger partial charge in [0, 0.05) is 18.7 Å². The molecule has 0 fully saturated rings. The molecule has 0 aliphatic rings. The average Bonchev–Trinajstić information content (AvgIpc) is 3.37. The number of hydrogen-bond acceptors (Lipinski definition) is 8. The molecule has 0 bridgehead atoms. The topological polar surface area (TPSA) is 128 Å². The maximum Gasteiger partial charge on any atom is 0.324 e. The van der Waals surface area contributed by atoms with Crippen LogP contribution in [0.1, 0.15) is 19.5 Å². The monoisotopic (exact) mass is 449 g/mol. The number of anilines is 1. The van der Waals surface area contributed by atoms with Gasteiger partial charge in [-0.25, -0.2) is 8.42 Å². The van der Waals surface area contributed by atoms with Gasteiger partial charge in [0.2, 0.25) is 15.9 Å². The Kier molecular flexibility index (Phi) is 6.65. The minimum Gasteiger partial charge on any atom is -0.458 e. The molecule has 9 nitrogen and oxygen atoms in total. The number of ether oxygens (including phenoxy) is 1. The third-order valence-electron chi connectivity index (χ3n) is 3.86. The Morgan fingerprint density at radius 1 is 1.23 bits per heavy atom. The SMILES string of the molecule is CC(=O)Nc1ccc(S(=O)(=O)N[C@@H](C)C(=O)OCc2cc(-c3cccs3)on2)cc1. The van der Waals surface area contributed by atoms with Gasteiger partial charge in [0.05, 0.1) is 9.77 Å². The fraction of sp³-hybridized carbons (Fsp3) is 0.211. The van der Waals surface area contributed by atoms with Crippen LogP contribution in [0.2, 0.25) is 0 Å². The number of carbonyl (C=O) groups excluding carboxylic acids is 2. The van der Waals surface area contributed by atoms with Crippen molar-refractivity contribution in [3.63, 3.8) is 0 Å². The molecule has 2 aromatic heterocycles. The Hall–Kier alpha value is -3.02. The molecule has 1 amide bonds. The molecular formula is C19H19N3O6S2. The summed E-state index contributed by atoms with van der Waals surface area (Å²) in [6, 6.07) is 9.85. The summed E-state index contributed by atoms with van der Waals surface area (Å²) in [5, 5.41) is 8.29. The summed E-state index contributed by atoms with van der Waals surface area (Å²) < 4.78 is 37.5. The first kappa shape index (κ1) is 21.7. The molecule has 0 aliphatic carbocycles. The number of esters is 1. The molecule has 0 saturated carbocycles. The number of benzene rings is 1. The van der Waals surface area contributed by atoms with Crippen molar-refractivity contribution in [3.05, 3.63) is 53.5 Å². The number of amides is 1. The molecule has 1 aromatic carbocycles. The molecule has 0 spiro atoms. The lowest BCUT2D eigenvalue weighted by atomic mass is 10.3. The Bertz CT molecular complexity index is 1120. The lowest BCUT2D eigenvalue weighted by Gasteiger charge is -2.13. The standard InChI is InChI=1S/C19H19N3O6S2/c1-12(22-30(25,26)16-7-5-14(6-8-16)20-13(2)23)19(24)27-11-15-10-17(28-21-15)18-4-3-9-29-18/h3-10,12,22H,11H2,1-2H3,(H,20,23)/t12-/m0/s1. The minimum absolute atomic E-state index is 0.0478. The predicted octanol–water partition coefficient (Wildman–Crippen LogP) is 2.77. The molecule has 3 aromatic rings. The van der Waals surface area contributed by atoms with Crippen molar-refractivity contribution < 1.29 is 27.3 Å². The highest BCUT2D eigenvalue weighted by atomic mass is 32.2. The van der Waals surface area contributed by atoms with E-state index in [0.29, 0.717) is 17.1 Å². The summed E-state index contributed by atoms with van der Waals surface area (Å²) in [5.41, 5.74) is 0.874. The lowest BCUT2D eigenvalue weighted by Crippen LogP contribution is -2.39. The first-order valence-electron chi connectivity index (χ1n) is 8.81. The van der Waals surface area contributed by atoms with E-state index in [4.69, 9.17) is 9.26 Å². The van der Waals surface area contributed by atoms with Gasteiger partial charge in [0.25, 0.3) is 0 Å². The van der Waals surface area contributed by atoms with Crippen LogP contribution in [0.15, 0.2) is 57.3 Å². The molecule has 11 heteroatoms. The van der Waals surface area contributed by atoms with E-state index in [1.807, 2.05) is 17.5 Å². The van der Waals surface area contributed by atoms with Crippen LogP contribution in [-0.2, 0) is 31.0 Å². The Labute approximate surface area is 177 Å². The van der Waals surface area contributed by atoms with E-state index in [9.17, 15) is 18.0 Å². The van der Waals surface area contributed by atoms with Crippen LogP contribution < -0.4 is 10.0 Å². The molecule has 158 valence electrons.